The molecule has 0 atom stereocenters. The smallest absolute Gasteiger partial charge is 0.410 e. The second-order valence-electron chi connectivity index (χ2n) is 6.06. The molecule has 1 aliphatic rings. The summed E-state index contributed by atoms with van der Waals surface area (Å²) in [5.74, 6) is -0.382. The number of amides is 1. The summed E-state index contributed by atoms with van der Waals surface area (Å²) in [6, 6.07) is 9.62. The summed E-state index contributed by atoms with van der Waals surface area (Å²) in [7, 11) is 1.81. The minimum atomic E-state index is -0.811. The minimum Gasteiger partial charge on any atom is -0.480 e. The van der Waals surface area contributed by atoms with Crippen LogP contribution >= 0.6 is 0 Å². The van der Waals surface area contributed by atoms with Gasteiger partial charge in [-0.05, 0) is 31.4 Å². The zero-order valence-corrected chi connectivity index (χ0v) is 13.5. The average molecular weight is 320 g/mol. The normalized spacial score (nSPS) is 15.7. The van der Waals surface area contributed by atoms with Crippen LogP contribution in [0.15, 0.2) is 30.3 Å². The van der Waals surface area contributed by atoms with Gasteiger partial charge >= 0.3 is 12.1 Å². The molecule has 23 heavy (non-hydrogen) atoms. The van der Waals surface area contributed by atoms with Gasteiger partial charge in [0.05, 0.1) is 6.54 Å². The SMILES string of the molecule is CN(CC(=O)O)CC1CCN(C(=O)OCc2ccccc2)CC1. The maximum absolute atomic E-state index is 12.1. The van der Waals surface area contributed by atoms with Crippen LogP contribution in [0, 0.1) is 5.92 Å². The number of hydrogen-bond acceptors (Lipinski definition) is 4. The number of ether oxygens (including phenoxy) is 1. The maximum atomic E-state index is 12.1. The number of carbonyl (C=O) groups excluding carboxylic acids is 1. The largest absolute Gasteiger partial charge is 0.480 e. The molecule has 6 heteroatoms. The summed E-state index contributed by atoms with van der Waals surface area (Å²) in [6.07, 6.45) is 1.49. The van der Waals surface area contributed by atoms with Gasteiger partial charge in [0.2, 0.25) is 0 Å². The summed E-state index contributed by atoms with van der Waals surface area (Å²) >= 11 is 0. The molecule has 1 heterocycles. The molecule has 1 saturated heterocycles. The zero-order chi connectivity index (χ0) is 16.7. The molecule has 0 bridgehead atoms. The summed E-state index contributed by atoms with van der Waals surface area (Å²) in [4.78, 5) is 26.3. The third-order valence-corrected chi connectivity index (χ3v) is 4.05. The number of nitrogens with zero attached hydrogens (tertiary/aromatic N) is 2. The zero-order valence-electron chi connectivity index (χ0n) is 13.5. The highest BCUT2D eigenvalue weighted by Crippen LogP contribution is 2.19. The van der Waals surface area contributed by atoms with Gasteiger partial charge in [0.1, 0.15) is 6.61 Å². The van der Waals surface area contributed by atoms with Crippen molar-refractivity contribution >= 4 is 12.1 Å². The van der Waals surface area contributed by atoms with E-state index < -0.39 is 5.97 Å². The molecule has 1 aromatic carbocycles. The van der Waals surface area contributed by atoms with Crippen molar-refractivity contribution in [3.63, 3.8) is 0 Å². The van der Waals surface area contributed by atoms with E-state index in [1.807, 2.05) is 42.3 Å². The molecule has 1 aliphatic heterocycles. The molecule has 0 unspecified atom stereocenters. The first kappa shape index (κ1) is 17.3. The van der Waals surface area contributed by atoms with E-state index in [2.05, 4.69) is 0 Å². The van der Waals surface area contributed by atoms with E-state index in [1.165, 1.54) is 0 Å². The molecule has 0 aliphatic carbocycles. The molecular weight excluding hydrogens is 296 g/mol. The minimum absolute atomic E-state index is 0.0549. The second-order valence-corrected chi connectivity index (χ2v) is 6.06. The van der Waals surface area contributed by atoms with Crippen LogP contribution in [-0.2, 0) is 16.1 Å². The molecule has 2 rings (SSSR count). The summed E-state index contributed by atoms with van der Waals surface area (Å²) in [5, 5.41) is 8.77. The van der Waals surface area contributed by atoms with Crippen LogP contribution in [0.3, 0.4) is 0 Å². The molecule has 0 spiro atoms. The van der Waals surface area contributed by atoms with Gasteiger partial charge in [0.25, 0.3) is 0 Å². The van der Waals surface area contributed by atoms with Crippen LogP contribution < -0.4 is 0 Å². The molecule has 0 radical (unpaired) electrons. The van der Waals surface area contributed by atoms with Crippen LogP contribution in [0.25, 0.3) is 0 Å². The fraction of sp³-hybridized carbons (Fsp3) is 0.529. The number of aliphatic carboxylic acids is 1. The number of hydrogen-bond donors (Lipinski definition) is 1. The Morgan fingerprint density at radius 2 is 1.91 bits per heavy atom. The fourth-order valence-electron chi connectivity index (χ4n) is 2.84. The quantitative estimate of drug-likeness (QED) is 0.869. The highest BCUT2D eigenvalue weighted by molar-refractivity contribution is 5.69. The van der Waals surface area contributed by atoms with Crippen LogP contribution in [0.1, 0.15) is 18.4 Å². The summed E-state index contributed by atoms with van der Waals surface area (Å²) in [5.41, 5.74) is 0.978. The molecule has 126 valence electrons. The van der Waals surface area contributed by atoms with Crippen LogP contribution in [0.2, 0.25) is 0 Å². The maximum Gasteiger partial charge on any atom is 0.410 e. The van der Waals surface area contributed by atoms with Gasteiger partial charge in [-0.15, -0.1) is 0 Å². The molecule has 6 nitrogen and oxygen atoms in total. The van der Waals surface area contributed by atoms with Crippen LogP contribution in [0.4, 0.5) is 4.79 Å². The van der Waals surface area contributed by atoms with Crippen molar-refractivity contribution in [2.75, 3.05) is 33.2 Å². The van der Waals surface area contributed by atoms with Crippen molar-refractivity contribution in [3.05, 3.63) is 35.9 Å². The van der Waals surface area contributed by atoms with Crippen molar-refractivity contribution in [2.45, 2.75) is 19.4 Å². The first-order valence-corrected chi connectivity index (χ1v) is 7.90. The fourth-order valence-corrected chi connectivity index (χ4v) is 2.84. The topological polar surface area (TPSA) is 70.1 Å². The highest BCUT2D eigenvalue weighted by Gasteiger charge is 2.24. The number of rotatable bonds is 6. The van der Waals surface area contributed by atoms with Gasteiger partial charge in [-0.25, -0.2) is 4.79 Å². The standard InChI is InChI=1S/C17H24N2O4/c1-18(12-16(20)21)11-14-7-9-19(10-8-14)17(22)23-13-15-5-3-2-4-6-15/h2-6,14H,7-13H2,1H3,(H,20,21). The Hall–Kier alpha value is -2.08. The molecular formula is C17H24N2O4. The van der Waals surface area contributed by atoms with Gasteiger partial charge in [0.15, 0.2) is 0 Å². The molecule has 0 aromatic heterocycles. The molecule has 1 N–H and O–H groups in total. The van der Waals surface area contributed by atoms with E-state index in [4.69, 9.17) is 9.84 Å². The van der Waals surface area contributed by atoms with Crippen molar-refractivity contribution in [3.8, 4) is 0 Å². The third-order valence-electron chi connectivity index (χ3n) is 4.05. The lowest BCUT2D eigenvalue weighted by molar-refractivity contribution is -0.138. The van der Waals surface area contributed by atoms with Crippen LogP contribution in [-0.4, -0.2) is 60.2 Å². The van der Waals surface area contributed by atoms with Crippen LogP contribution in [0.5, 0.6) is 0 Å². The Kier molecular flexibility index (Phi) is 6.40. The van der Waals surface area contributed by atoms with Gasteiger partial charge in [-0.2, -0.15) is 0 Å². The monoisotopic (exact) mass is 320 g/mol. The number of carboxylic acids is 1. The first-order valence-electron chi connectivity index (χ1n) is 7.90. The molecule has 1 aromatic rings. The molecule has 1 fully saturated rings. The predicted octanol–water partition coefficient (Wildman–Crippen LogP) is 2.05. The Morgan fingerprint density at radius 3 is 2.52 bits per heavy atom. The number of piperidine rings is 1. The lowest BCUT2D eigenvalue weighted by Gasteiger charge is -2.33. The Morgan fingerprint density at radius 1 is 1.26 bits per heavy atom. The van der Waals surface area contributed by atoms with E-state index in [9.17, 15) is 9.59 Å². The predicted molar refractivity (Wildman–Crippen MR) is 86.1 cm³/mol. The molecule has 1 amide bonds. The average Bonchev–Trinajstić information content (AvgIpc) is 2.53. The van der Waals surface area contributed by atoms with Gasteiger partial charge < -0.3 is 14.7 Å². The van der Waals surface area contributed by atoms with E-state index in [-0.39, 0.29) is 12.6 Å². The Balaban J connectivity index is 1.69. The van der Waals surface area contributed by atoms with Gasteiger partial charge in [-0.1, -0.05) is 30.3 Å². The first-order chi connectivity index (χ1) is 11.0. The van der Waals surface area contributed by atoms with Crippen molar-refractivity contribution < 1.29 is 19.4 Å². The van der Waals surface area contributed by atoms with Gasteiger partial charge in [-0.3, -0.25) is 9.69 Å². The number of carbonyl (C=O) groups is 2. The molecule has 0 saturated carbocycles. The number of likely N-dealkylation sites (N-methyl/N-ethyl adjacent to an activating group) is 1. The third kappa shape index (κ3) is 5.90. The number of benzene rings is 1. The summed E-state index contributed by atoms with van der Waals surface area (Å²) < 4.78 is 5.34. The van der Waals surface area contributed by atoms with E-state index in [0.717, 1.165) is 24.9 Å². The van der Waals surface area contributed by atoms with Crippen molar-refractivity contribution in [1.29, 1.82) is 0 Å². The van der Waals surface area contributed by atoms with E-state index >= 15 is 0 Å². The van der Waals surface area contributed by atoms with Gasteiger partial charge in [0, 0.05) is 19.6 Å². The lowest BCUT2D eigenvalue weighted by Crippen LogP contribution is -2.41. The van der Waals surface area contributed by atoms with E-state index in [0.29, 0.717) is 25.6 Å². The summed E-state index contributed by atoms with van der Waals surface area (Å²) in [6.45, 7) is 2.43. The Bertz CT molecular complexity index is 513. The lowest BCUT2D eigenvalue weighted by atomic mass is 9.96. The van der Waals surface area contributed by atoms with Crippen molar-refractivity contribution in [1.82, 2.24) is 9.80 Å². The van der Waals surface area contributed by atoms with E-state index in [1.54, 1.807) is 4.90 Å². The highest BCUT2D eigenvalue weighted by atomic mass is 16.6. The second kappa shape index (κ2) is 8.53. The Labute approximate surface area is 136 Å². The number of likely N-dealkylation sites (tertiary alicyclic amines) is 1. The number of carboxylic acid groups (broad SMARTS) is 1. The van der Waals surface area contributed by atoms with Crippen molar-refractivity contribution in [2.24, 2.45) is 5.92 Å².